The van der Waals surface area contributed by atoms with Gasteiger partial charge in [-0.25, -0.2) is 10.4 Å². The molecule has 1 heterocycles. The number of fused-ring (bicyclic) bond motifs is 1. The lowest BCUT2D eigenvalue weighted by atomic mass is 10.2. The van der Waals surface area contributed by atoms with Crippen LogP contribution in [0.5, 0.6) is 17.2 Å². The molecule has 37 heavy (non-hydrogen) atoms. The van der Waals surface area contributed by atoms with Crippen molar-refractivity contribution in [2.45, 2.75) is 12.1 Å². The predicted octanol–water partition coefficient (Wildman–Crippen LogP) is 3.96. The van der Waals surface area contributed by atoms with Crippen LogP contribution < -0.4 is 25.2 Å². The summed E-state index contributed by atoms with van der Waals surface area (Å²) in [5.74, 6) is 1.16. The number of amides is 1. The van der Waals surface area contributed by atoms with Crippen LogP contribution in [0.2, 0.25) is 0 Å². The predicted molar refractivity (Wildman–Crippen MR) is 145 cm³/mol. The summed E-state index contributed by atoms with van der Waals surface area (Å²) in [6, 6.07) is 18.1. The molecule has 1 N–H and O–H groups in total. The first kappa shape index (κ1) is 25.8. The van der Waals surface area contributed by atoms with Crippen molar-refractivity contribution >= 4 is 34.8 Å². The number of nitrogens with zero attached hydrogens (tertiary/aromatic N) is 3. The van der Waals surface area contributed by atoms with Crippen LogP contribution in [-0.2, 0) is 4.79 Å². The van der Waals surface area contributed by atoms with Crippen molar-refractivity contribution in [3.05, 3.63) is 82.1 Å². The number of carbonyl (C=O) groups is 1. The molecule has 0 bridgehead atoms. The number of nitrogens with one attached hydrogen (secondary N) is 1. The quantitative estimate of drug-likeness (QED) is 0.155. The molecule has 190 valence electrons. The van der Waals surface area contributed by atoms with E-state index < -0.39 is 0 Å². The second-order valence-electron chi connectivity index (χ2n) is 7.92. The average molecular weight is 519 g/mol. The first-order valence-electron chi connectivity index (χ1n) is 11.3. The van der Waals surface area contributed by atoms with Crippen LogP contribution in [0.4, 0.5) is 0 Å². The van der Waals surface area contributed by atoms with Crippen LogP contribution in [0, 0.1) is 6.92 Å². The fraction of sp³-hybridized carbons (Fsp3) is 0.185. The van der Waals surface area contributed by atoms with Gasteiger partial charge in [-0.3, -0.25) is 14.2 Å². The maximum Gasteiger partial charge on any atom is 0.266 e. The minimum Gasteiger partial charge on any atom is -0.496 e. The normalized spacial score (nSPS) is 11.0. The van der Waals surface area contributed by atoms with E-state index in [0.29, 0.717) is 44.6 Å². The lowest BCUT2D eigenvalue weighted by Gasteiger charge is -2.13. The molecule has 0 aliphatic carbocycles. The van der Waals surface area contributed by atoms with E-state index in [1.165, 1.54) is 32.1 Å². The fourth-order valence-corrected chi connectivity index (χ4v) is 4.43. The van der Waals surface area contributed by atoms with Crippen molar-refractivity contribution in [1.82, 2.24) is 15.0 Å². The van der Waals surface area contributed by atoms with Gasteiger partial charge >= 0.3 is 0 Å². The Morgan fingerprint density at radius 1 is 1.00 bits per heavy atom. The Bertz CT molecular complexity index is 1520. The van der Waals surface area contributed by atoms with Gasteiger partial charge in [-0.2, -0.15) is 5.10 Å². The number of aromatic nitrogens is 2. The van der Waals surface area contributed by atoms with E-state index in [0.717, 1.165) is 17.3 Å². The van der Waals surface area contributed by atoms with Gasteiger partial charge in [-0.15, -0.1) is 0 Å². The van der Waals surface area contributed by atoms with Crippen LogP contribution >= 0.6 is 11.8 Å². The maximum atomic E-state index is 13.3. The number of hydrogen-bond donors (Lipinski definition) is 1. The Kier molecular flexibility index (Phi) is 8.09. The minimum absolute atomic E-state index is 0.00293. The molecule has 1 aromatic heterocycles. The number of benzene rings is 3. The van der Waals surface area contributed by atoms with Gasteiger partial charge in [0.2, 0.25) is 0 Å². The van der Waals surface area contributed by atoms with Crippen LogP contribution in [-0.4, -0.2) is 48.8 Å². The summed E-state index contributed by atoms with van der Waals surface area (Å²) in [7, 11) is 4.59. The highest BCUT2D eigenvalue weighted by Gasteiger charge is 2.15. The van der Waals surface area contributed by atoms with Crippen LogP contribution in [0.25, 0.3) is 16.6 Å². The number of carbonyl (C=O) groups excluding carboxylic acids is 1. The molecule has 4 rings (SSSR count). The van der Waals surface area contributed by atoms with E-state index in [4.69, 9.17) is 14.2 Å². The largest absolute Gasteiger partial charge is 0.496 e. The van der Waals surface area contributed by atoms with E-state index in [9.17, 15) is 9.59 Å². The molecule has 1 amide bonds. The van der Waals surface area contributed by atoms with E-state index in [1.807, 2.05) is 37.3 Å². The summed E-state index contributed by atoms with van der Waals surface area (Å²) < 4.78 is 17.5. The van der Waals surface area contributed by atoms with Crippen molar-refractivity contribution in [3.63, 3.8) is 0 Å². The fourth-order valence-electron chi connectivity index (χ4n) is 3.62. The highest BCUT2D eigenvalue weighted by Crippen LogP contribution is 2.33. The summed E-state index contributed by atoms with van der Waals surface area (Å²) in [5, 5.41) is 4.96. The van der Waals surface area contributed by atoms with Crippen molar-refractivity contribution < 1.29 is 19.0 Å². The highest BCUT2D eigenvalue weighted by molar-refractivity contribution is 7.99. The van der Waals surface area contributed by atoms with Gasteiger partial charge in [0, 0.05) is 11.6 Å². The topological polar surface area (TPSA) is 104 Å². The molecule has 3 aromatic carbocycles. The molecule has 10 heteroatoms. The first-order chi connectivity index (χ1) is 17.9. The number of rotatable bonds is 9. The van der Waals surface area contributed by atoms with Gasteiger partial charge in [0.25, 0.3) is 11.5 Å². The molecule has 0 saturated carbocycles. The SMILES string of the molecule is COc1cc(OC)c(OC)cc1C=NNC(=O)CSc1nc2ccccc2c(=O)n1-c1ccc(C)cc1. The lowest BCUT2D eigenvalue weighted by molar-refractivity contribution is -0.118. The first-order valence-corrected chi connectivity index (χ1v) is 12.3. The number of thioether (sulfide) groups is 1. The van der Waals surface area contributed by atoms with Crippen LogP contribution in [0.3, 0.4) is 0 Å². The Balaban J connectivity index is 1.54. The third-order valence-electron chi connectivity index (χ3n) is 5.50. The van der Waals surface area contributed by atoms with Gasteiger partial charge in [0.1, 0.15) is 5.75 Å². The molecule has 0 fully saturated rings. The number of aryl methyl sites for hydroxylation is 1. The third-order valence-corrected chi connectivity index (χ3v) is 6.44. The summed E-state index contributed by atoms with van der Waals surface area (Å²) >= 11 is 1.15. The minimum atomic E-state index is -0.362. The molecule has 9 nitrogen and oxygen atoms in total. The number of para-hydroxylation sites is 1. The second kappa shape index (κ2) is 11.6. The number of hydrazone groups is 1. The Hall–Kier alpha value is -4.31. The van der Waals surface area contributed by atoms with Gasteiger partial charge < -0.3 is 14.2 Å². The molecule has 0 spiro atoms. The maximum absolute atomic E-state index is 13.3. The van der Waals surface area contributed by atoms with E-state index in [1.54, 1.807) is 30.3 Å². The molecule has 0 radical (unpaired) electrons. The highest BCUT2D eigenvalue weighted by atomic mass is 32.2. The summed E-state index contributed by atoms with van der Waals surface area (Å²) in [4.78, 5) is 30.6. The number of methoxy groups -OCH3 is 3. The smallest absolute Gasteiger partial charge is 0.266 e. The van der Waals surface area contributed by atoms with Crippen LogP contribution in [0.1, 0.15) is 11.1 Å². The van der Waals surface area contributed by atoms with Gasteiger partial charge in [0.05, 0.1) is 49.9 Å². The van der Waals surface area contributed by atoms with Crippen molar-refractivity contribution in [3.8, 4) is 22.9 Å². The van der Waals surface area contributed by atoms with E-state index >= 15 is 0 Å². The standard InChI is InChI=1S/C27H26N4O5S/c1-17-9-11-19(12-10-17)31-26(33)20-7-5-6-8-21(20)29-27(31)37-16-25(32)30-28-15-18-13-23(35-3)24(36-4)14-22(18)34-2/h5-15H,16H2,1-4H3,(H,30,32). The Labute approximate surface area is 218 Å². The summed E-state index contributed by atoms with van der Waals surface area (Å²) in [5.41, 5.74) is 5.22. The Morgan fingerprint density at radius 2 is 1.68 bits per heavy atom. The molecule has 0 aliphatic rings. The molecular formula is C27H26N4O5S. The lowest BCUT2D eigenvalue weighted by Crippen LogP contribution is -2.24. The van der Waals surface area contributed by atoms with E-state index in [-0.39, 0.29) is 17.2 Å². The number of hydrogen-bond acceptors (Lipinski definition) is 8. The van der Waals surface area contributed by atoms with Crippen LogP contribution in [0.15, 0.2) is 75.7 Å². The molecule has 0 atom stereocenters. The average Bonchev–Trinajstić information content (AvgIpc) is 2.92. The molecule has 0 saturated heterocycles. The Morgan fingerprint density at radius 3 is 2.38 bits per heavy atom. The summed E-state index contributed by atoms with van der Waals surface area (Å²) in [6.45, 7) is 1.98. The number of ether oxygens (including phenoxy) is 3. The van der Waals surface area contributed by atoms with Crippen molar-refractivity contribution in [1.29, 1.82) is 0 Å². The van der Waals surface area contributed by atoms with Crippen molar-refractivity contribution in [2.24, 2.45) is 5.10 Å². The zero-order valence-corrected chi connectivity index (χ0v) is 21.7. The molecular weight excluding hydrogens is 492 g/mol. The summed E-state index contributed by atoms with van der Waals surface area (Å²) in [6.07, 6.45) is 1.46. The van der Waals surface area contributed by atoms with Crippen molar-refractivity contribution in [2.75, 3.05) is 27.1 Å². The molecule has 0 aliphatic heterocycles. The zero-order valence-electron chi connectivity index (χ0n) is 20.8. The second-order valence-corrected chi connectivity index (χ2v) is 8.86. The van der Waals surface area contributed by atoms with E-state index in [2.05, 4.69) is 15.5 Å². The third kappa shape index (κ3) is 5.75. The van der Waals surface area contributed by atoms with Gasteiger partial charge in [-0.05, 0) is 37.3 Å². The molecule has 0 unspecified atom stereocenters. The van der Waals surface area contributed by atoms with Gasteiger partial charge in [0.15, 0.2) is 16.7 Å². The molecule has 4 aromatic rings. The zero-order chi connectivity index (χ0) is 26.4. The monoisotopic (exact) mass is 518 g/mol. The van der Waals surface area contributed by atoms with Gasteiger partial charge in [-0.1, -0.05) is 41.6 Å².